The first kappa shape index (κ1) is 20.0. The van der Waals surface area contributed by atoms with Gasteiger partial charge in [0, 0.05) is 44.0 Å². The zero-order valence-corrected chi connectivity index (χ0v) is 17.3. The number of nitrogens with zero attached hydrogens (tertiary/aromatic N) is 3. The maximum Gasteiger partial charge on any atom is 0.291 e. The molecule has 0 bridgehead atoms. The standard InChI is InChI=1S/C22H26N4O4/c1-3-20-24-25(22(28)18-14-19-17(26(18)20)10-13-30-19)11-4-7-21(27)23-15(2)8-9-16-6-5-12-29-16/h5-6,10,12-15H,3-4,7-9,11H2,1-2H3,(H,23,27)/t15-/m1/s1. The molecule has 0 aliphatic rings. The lowest BCUT2D eigenvalue weighted by atomic mass is 10.1. The number of carbonyl (C=O) groups excluding carboxylic acids is 1. The van der Waals surface area contributed by atoms with Crippen molar-refractivity contribution >= 4 is 22.5 Å². The van der Waals surface area contributed by atoms with E-state index in [2.05, 4.69) is 10.4 Å². The summed E-state index contributed by atoms with van der Waals surface area (Å²) < 4.78 is 14.1. The van der Waals surface area contributed by atoms with Crippen molar-refractivity contribution in [2.45, 2.75) is 58.5 Å². The van der Waals surface area contributed by atoms with E-state index in [1.165, 1.54) is 4.68 Å². The number of fused-ring (bicyclic) bond motifs is 3. The van der Waals surface area contributed by atoms with Crippen molar-refractivity contribution in [2.24, 2.45) is 0 Å². The van der Waals surface area contributed by atoms with E-state index in [9.17, 15) is 9.59 Å². The summed E-state index contributed by atoms with van der Waals surface area (Å²) in [5, 5.41) is 7.52. The SMILES string of the molecule is CCc1nn(CCCC(=O)N[C@H](C)CCc2ccco2)c(=O)c2cc3occc3n12. The number of hydrogen-bond donors (Lipinski definition) is 1. The Morgan fingerprint density at radius 2 is 2.10 bits per heavy atom. The third-order valence-corrected chi connectivity index (χ3v) is 5.27. The minimum atomic E-state index is -0.175. The molecule has 4 rings (SSSR count). The van der Waals surface area contributed by atoms with Crippen LogP contribution in [0.1, 0.15) is 44.7 Å². The van der Waals surface area contributed by atoms with Crippen LogP contribution in [0.4, 0.5) is 0 Å². The van der Waals surface area contributed by atoms with E-state index in [-0.39, 0.29) is 17.5 Å². The van der Waals surface area contributed by atoms with E-state index < -0.39 is 0 Å². The van der Waals surface area contributed by atoms with Crippen molar-refractivity contribution in [3.63, 3.8) is 0 Å². The van der Waals surface area contributed by atoms with E-state index in [0.717, 1.165) is 29.9 Å². The number of aromatic nitrogens is 3. The van der Waals surface area contributed by atoms with Gasteiger partial charge in [-0.2, -0.15) is 5.10 Å². The van der Waals surface area contributed by atoms with Crippen molar-refractivity contribution in [3.8, 4) is 0 Å². The molecule has 1 atom stereocenters. The number of aryl methyl sites for hydroxylation is 3. The van der Waals surface area contributed by atoms with Crippen molar-refractivity contribution in [2.75, 3.05) is 0 Å². The summed E-state index contributed by atoms with van der Waals surface area (Å²) in [6.07, 6.45) is 6.42. The van der Waals surface area contributed by atoms with Crippen molar-refractivity contribution in [3.05, 3.63) is 58.7 Å². The Hall–Kier alpha value is -3.29. The lowest BCUT2D eigenvalue weighted by Crippen LogP contribution is -2.33. The first-order chi connectivity index (χ1) is 14.6. The average Bonchev–Trinajstić information content (AvgIpc) is 3.46. The van der Waals surface area contributed by atoms with Gasteiger partial charge < -0.3 is 14.2 Å². The average molecular weight is 410 g/mol. The molecule has 0 aliphatic carbocycles. The Bertz CT molecular complexity index is 1200. The Balaban J connectivity index is 1.36. The van der Waals surface area contributed by atoms with Gasteiger partial charge in [-0.3, -0.25) is 14.0 Å². The molecule has 0 aromatic carbocycles. The second-order valence-electron chi connectivity index (χ2n) is 7.52. The molecular weight excluding hydrogens is 384 g/mol. The zero-order chi connectivity index (χ0) is 21.1. The van der Waals surface area contributed by atoms with Crippen LogP contribution in [0.5, 0.6) is 0 Å². The van der Waals surface area contributed by atoms with Gasteiger partial charge in [0.1, 0.15) is 17.1 Å². The topological polar surface area (TPSA) is 94.7 Å². The Morgan fingerprint density at radius 1 is 1.23 bits per heavy atom. The van der Waals surface area contributed by atoms with Crippen LogP contribution in [-0.4, -0.2) is 26.1 Å². The van der Waals surface area contributed by atoms with Gasteiger partial charge in [0.25, 0.3) is 5.56 Å². The van der Waals surface area contributed by atoms with Gasteiger partial charge in [-0.25, -0.2) is 4.68 Å². The first-order valence-electron chi connectivity index (χ1n) is 10.4. The van der Waals surface area contributed by atoms with Gasteiger partial charge in [0.05, 0.1) is 18.0 Å². The summed E-state index contributed by atoms with van der Waals surface area (Å²) in [7, 11) is 0. The lowest BCUT2D eigenvalue weighted by Gasteiger charge is -2.13. The van der Waals surface area contributed by atoms with Gasteiger partial charge >= 0.3 is 0 Å². The highest BCUT2D eigenvalue weighted by atomic mass is 16.3. The summed E-state index contributed by atoms with van der Waals surface area (Å²) in [6.45, 7) is 4.37. The van der Waals surface area contributed by atoms with Crippen LogP contribution in [0.25, 0.3) is 16.6 Å². The molecule has 0 fully saturated rings. The smallest absolute Gasteiger partial charge is 0.291 e. The van der Waals surface area contributed by atoms with Crippen LogP contribution < -0.4 is 10.9 Å². The highest BCUT2D eigenvalue weighted by Gasteiger charge is 2.15. The normalized spacial score (nSPS) is 12.6. The summed E-state index contributed by atoms with van der Waals surface area (Å²) in [4.78, 5) is 25.1. The largest absolute Gasteiger partial charge is 0.469 e. The van der Waals surface area contributed by atoms with Gasteiger partial charge in [0.15, 0.2) is 5.58 Å². The molecule has 8 heteroatoms. The summed E-state index contributed by atoms with van der Waals surface area (Å²) in [5.74, 6) is 1.69. The maximum atomic E-state index is 12.8. The highest BCUT2D eigenvalue weighted by Crippen LogP contribution is 2.20. The van der Waals surface area contributed by atoms with E-state index in [1.54, 1.807) is 18.6 Å². The number of nitrogens with one attached hydrogen (secondary N) is 1. The molecule has 8 nitrogen and oxygen atoms in total. The van der Waals surface area contributed by atoms with E-state index >= 15 is 0 Å². The van der Waals surface area contributed by atoms with E-state index in [0.29, 0.717) is 36.9 Å². The van der Waals surface area contributed by atoms with Crippen LogP contribution in [0.15, 0.2) is 50.4 Å². The molecule has 1 N–H and O–H groups in total. The van der Waals surface area contributed by atoms with Crippen molar-refractivity contribution in [1.82, 2.24) is 19.5 Å². The number of amides is 1. The predicted octanol–water partition coefficient (Wildman–Crippen LogP) is 3.32. The van der Waals surface area contributed by atoms with Gasteiger partial charge in [-0.05, 0) is 31.9 Å². The molecule has 0 radical (unpaired) electrons. The molecule has 0 aliphatic heterocycles. The van der Waals surface area contributed by atoms with Crippen molar-refractivity contribution < 1.29 is 13.6 Å². The third-order valence-electron chi connectivity index (χ3n) is 5.27. The molecule has 0 spiro atoms. The zero-order valence-electron chi connectivity index (χ0n) is 17.3. The quantitative estimate of drug-likeness (QED) is 0.457. The monoisotopic (exact) mass is 410 g/mol. The number of furan rings is 2. The van der Waals surface area contributed by atoms with Crippen LogP contribution in [0.2, 0.25) is 0 Å². The van der Waals surface area contributed by atoms with Crippen LogP contribution in [-0.2, 0) is 24.2 Å². The molecule has 0 unspecified atom stereocenters. The molecule has 4 aromatic heterocycles. The van der Waals surface area contributed by atoms with Gasteiger partial charge in [-0.1, -0.05) is 6.92 Å². The maximum absolute atomic E-state index is 12.8. The summed E-state index contributed by atoms with van der Waals surface area (Å²) >= 11 is 0. The van der Waals surface area contributed by atoms with Gasteiger partial charge in [0.2, 0.25) is 5.91 Å². The summed E-state index contributed by atoms with van der Waals surface area (Å²) in [6, 6.07) is 7.44. The van der Waals surface area contributed by atoms with Crippen LogP contribution in [0.3, 0.4) is 0 Å². The van der Waals surface area contributed by atoms with Crippen LogP contribution in [0, 0.1) is 0 Å². The molecule has 0 saturated carbocycles. The van der Waals surface area contributed by atoms with E-state index in [1.807, 2.05) is 36.4 Å². The second kappa shape index (κ2) is 8.61. The number of rotatable bonds is 9. The minimum absolute atomic E-state index is 0.0213. The fourth-order valence-electron chi connectivity index (χ4n) is 3.73. The fraction of sp³-hybridized carbons (Fsp3) is 0.409. The molecule has 4 aromatic rings. The molecule has 4 heterocycles. The minimum Gasteiger partial charge on any atom is -0.469 e. The Morgan fingerprint density at radius 3 is 2.87 bits per heavy atom. The number of hydrogen-bond acceptors (Lipinski definition) is 5. The first-order valence-corrected chi connectivity index (χ1v) is 10.4. The molecule has 158 valence electrons. The Labute approximate surface area is 173 Å². The third kappa shape index (κ3) is 4.03. The predicted molar refractivity (Wildman–Crippen MR) is 112 cm³/mol. The van der Waals surface area contributed by atoms with Gasteiger partial charge in [-0.15, -0.1) is 0 Å². The second-order valence-corrected chi connectivity index (χ2v) is 7.52. The molecule has 1 amide bonds. The van der Waals surface area contributed by atoms with Crippen LogP contribution >= 0.6 is 0 Å². The summed E-state index contributed by atoms with van der Waals surface area (Å²) in [5.41, 5.74) is 1.89. The van der Waals surface area contributed by atoms with E-state index in [4.69, 9.17) is 8.83 Å². The van der Waals surface area contributed by atoms with Crippen molar-refractivity contribution in [1.29, 1.82) is 0 Å². The molecule has 30 heavy (non-hydrogen) atoms. The highest BCUT2D eigenvalue weighted by molar-refractivity contribution is 5.82. The molecule has 0 saturated heterocycles. The Kier molecular flexibility index (Phi) is 5.74. The number of carbonyl (C=O) groups is 1. The lowest BCUT2D eigenvalue weighted by molar-refractivity contribution is -0.121. The molecular formula is C22H26N4O4. The fourth-order valence-corrected chi connectivity index (χ4v) is 3.73.